The Hall–Kier alpha value is -1.15. The second-order valence-electron chi connectivity index (χ2n) is 5.05. The topological polar surface area (TPSA) is 12.9 Å². The summed E-state index contributed by atoms with van der Waals surface area (Å²) in [6.07, 6.45) is 2.67. The molecule has 0 spiro atoms. The van der Waals surface area contributed by atoms with Gasteiger partial charge in [-0.2, -0.15) is 0 Å². The molecule has 0 bridgehead atoms. The fourth-order valence-corrected chi connectivity index (χ4v) is 3.27. The molecule has 1 nitrogen and oxygen atoms in total. The lowest BCUT2D eigenvalue weighted by Crippen LogP contribution is -1.87. The number of benzene rings is 1. The Morgan fingerprint density at radius 3 is 2.65 bits per heavy atom. The monoisotopic (exact) mass is 243 g/mol. The number of hydrogen-bond donors (Lipinski definition) is 0. The maximum absolute atomic E-state index is 4.86. The number of aryl methyl sites for hydroxylation is 3. The van der Waals surface area contributed by atoms with Crippen LogP contribution in [0.5, 0.6) is 0 Å². The zero-order chi connectivity index (χ0) is 12.0. The molecular formula is C15H17NS. The van der Waals surface area contributed by atoms with Gasteiger partial charge < -0.3 is 0 Å². The molecule has 88 valence electrons. The highest BCUT2D eigenvalue weighted by atomic mass is 32.1. The maximum atomic E-state index is 4.86. The minimum absolute atomic E-state index is 0.762. The first kappa shape index (κ1) is 11.0. The van der Waals surface area contributed by atoms with Gasteiger partial charge in [0.25, 0.3) is 0 Å². The Morgan fingerprint density at radius 1 is 1.18 bits per heavy atom. The van der Waals surface area contributed by atoms with Gasteiger partial charge in [0, 0.05) is 16.4 Å². The van der Waals surface area contributed by atoms with Gasteiger partial charge in [0.1, 0.15) is 0 Å². The summed E-state index contributed by atoms with van der Waals surface area (Å²) in [4.78, 5) is 6.22. The van der Waals surface area contributed by atoms with Crippen LogP contribution < -0.4 is 0 Å². The van der Waals surface area contributed by atoms with E-state index in [0.29, 0.717) is 0 Å². The SMILES string of the molecule is Cc1ccc(C)c(-c2nc(C3CC3)sc2C)c1. The standard InChI is InChI=1S/C15H17NS/c1-9-4-5-10(2)13(8-9)14-11(3)17-15(16-14)12-6-7-12/h4-5,8,12H,6-7H2,1-3H3. The van der Waals surface area contributed by atoms with Gasteiger partial charge in [-0.1, -0.05) is 17.7 Å². The Morgan fingerprint density at radius 2 is 1.94 bits per heavy atom. The van der Waals surface area contributed by atoms with Gasteiger partial charge in [-0.25, -0.2) is 4.98 Å². The highest BCUT2D eigenvalue weighted by Crippen LogP contribution is 2.44. The van der Waals surface area contributed by atoms with Gasteiger partial charge in [0.2, 0.25) is 0 Å². The van der Waals surface area contributed by atoms with Gasteiger partial charge >= 0.3 is 0 Å². The second-order valence-corrected chi connectivity index (χ2v) is 6.28. The zero-order valence-corrected chi connectivity index (χ0v) is 11.4. The number of hydrogen-bond acceptors (Lipinski definition) is 2. The van der Waals surface area contributed by atoms with E-state index in [2.05, 4.69) is 39.0 Å². The average molecular weight is 243 g/mol. The molecule has 0 unspecified atom stereocenters. The molecule has 1 aliphatic rings. The van der Waals surface area contributed by atoms with Gasteiger partial charge in [-0.15, -0.1) is 11.3 Å². The molecule has 0 saturated heterocycles. The first-order valence-corrected chi connectivity index (χ1v) is 7.02. The molecule has 0 aliphatic heterocycles. The van der Waals surface area contributed by atoms with Crippen molar-refractivity contribution in [2.75, 3.05) is 0 Å². The van der Waals surface area contributed by atoms with E-state index in [-0.39, 0.29) is 0 Å². The van der Waals surface area contributed by atoms with Crippen LogP contribution in [0.1, 0.15) is 39.8 Å². The minimum Gasteiger partial charge on any atom is -0.241 e. The van der Waals surface area contributed by atoms with Crippen LogP contribution in [0.3, 0.4) is 0 Å². The Bertz CT molecular complexity index is 564. The maximum Gasteiger partial charge on any atom is 0.0966 e. The highest BCUT2D eigenvalue weighted by Gasteiger charge is 2.28. The summed E-state index contributed by atoms with van der Waals surface area (Å²) in [6.45, 7) is 6.51. The Kier molecular flexibility index (Phi) is 2.55. The van der Waals surface area contributed by atoms with Gasteiger partial charge in [0.05, 0.1) is 10.7 Å². The molecule has 1 saturated carbocycles. The normalized spacial score (nSPS) is 15.2. The number of rotatable bonds is 2. The van der Waals surface area contributed by atoms with Crippen molar-refractivity contribution in [3.8, 4) is 11.3 Å². The quantitative estimate of drug-likeness (QED) is 0.750. The van der Waals surface area contributed by atoms with Crippen molar-refractivity contribution < 1.29 is 0 Å². The van der Waals surface area contributed by atoms with E-state index in [1.807, 2.05) is 11.3 Å². The number of nitrogens with zero attached hydrogens (tertiary/aromatic N) is 1. The summed E-state index contributed by atoms with van der Waals surface area (Å²) in [6, 6.07) is 6.62. The molecule has 2 heteroatoms. The number of aromatic nitrogens is 1. The van der Waals surface area contributed by atoms with E-state index in [1.54, 1.807) is 0 Å². The summed E-state index contributed by atoms with van der Waals surface area (Å²) >= 11 is 1.88. The average Bonchev–Trinajstić information content (AvgIpc) is 3.07. The molecule has 1 fully saturated rings. The van der Waals surface area contributed by atoms with Crippen LogP contribution in [0.25, 0.3) is 11.3 Å². The van der Waals surface area contributed by atoms with E-state index in [0.717, 1.165) is 5.92 Å². The molecule has 2 aromatic rings. The van der Waals surface area contributed by atoms with E-state index in [1.165, 1.54) is 45.1 Å². The smallest absolute Gasteiger partial charge is 0.0966 e. The number of thiazole rings is 1. The third-order valence-corrected chi connectivity index (χ3v) is 4.52. The molecule has 1 aliphatic carbocycles. The molecule has 0 amide bonds. The van der Waals surface area contributed by atoms with E-state index >= 15 is 0 Å². The van der Waals surface area contributed by atoms with Crippen molar-refractivity contribution in [2.24, 2.45) is 0 Å². The third-order valence-electron chi connectivity index (χ3n) is 3.39. The zero-order valence-electron chi connectivity index (χ0n) is 10.6. The van der Waals surface area contributed by atoms with E-state index in [4.69, 9.17) is 4.98 Å². The van der Waals surface area contributed by atoms with Crippen LogP contribution in [0.4, 0.5) is 0 Å². The lowest BCUT2D eigenvalue weighted by Gasteiger charge is -2.05. The molecule has 0 radical (unpaired) electrons. The van der Waals surface area contributed by atoms with Crippen LogP contribution >= 0.6 is 11.3 Å². The molecule has 0 atom stereocenters. The molecule has 1 aromatic heterocycles. The summed E-state index contributed by atoms with van der Waals surface area (Å²) in [5.74, 6) is 0.762. The summed E-state index contributed by atoms with van der Waals surface area (Å²) in [7, 11) is 0. The molecule has 1 heterocycles. The Labute approximate surface area is 107 Å². The summed E-state index contributed by atoms with van der Waals surface area (Å²) < 4.78 is 0. The van der Waals surface area contributed by atoms with Gasteiger partial charge in [-0.3, -0.25) is 0 Å². The van der Waals surface area contributed by atoms with Gasteiger partial charge in [-0.05, 0) is 45.2 Å². The summed E-state index contributed by atoms with van der Waals surface area (Å²) in [5.41, 5.74) is 5.15. The highest BCUT2D eigenvalue weighted by molar-refractivity contribution is 7.12. The fourth-order valence-electron chi connectivity index (χ4n) is 2.16. The van der Waals surface area contributed by atoms with E-state index in [9.17, 15) is 0 Å². The van der Waals surface area contributed by atoms with Crippen LogP contribution in [0.2, 0.25) is 0 Å². The van der Waals surface area contributed by atoms with Crippen molar-refractivity contribution in [3.63, 3.8) is 0 Å². The molecule has 1 aromatic carbocycles. The lowest BCUT2D eigenvalue weighted by atomic mass is 10.0. The Balaban J connectivity index is 2.10. The van der Waals surface area contributed by atoms with Crippen molar-refractivity contribution >= 4 is 11.3 Å². The van der Waals surface area contributed by atoms with Gasteiger partial charge in [0.15, 0.2) is 0 Å². The predicted molar refractivity (Wildman–Crippen MR) is 73.7 cm³/mol. The van der Waals surface area contributed by atoms with Crippen molar-refractivity contribution in [2.45, 2.75) is 39.5 Å². The first-order chi connectivity index (χ1) is 8.15. The fraction of sp³-hybridized carbons (Fsp3) is 0.400. The molecule has 3 rings (SSSR count). The van der Waals surface area contributed by atoms with Crippen LogP contribution in [0.15, 0.2) is 18.2 Å². The molecule has 0 N–H and O–H groups in total. The largest absolute Gasteiger partial charge is 0.241 e. The van der Waals surface area contributed by atoms with E-state index < -0.39 is 0 Å². The van der Waals surface area contributed by atoms with Crippen molar-refractivity contribution in [1.29, 1.82) is 0 Å². The first-order valence-electron chi connectivity index (χ1n) is 6.20. The molecule has 17 heavy (non-hydrogen) atoms. The predicted octanol–water partition coefficient (Wildman–Crippen LogP) is 4.61. The summed E-state index contributed by atoms with van der Waals surface area (Å²) in [5, 5.41) is 1.35. The minimum atomic E-state index is 0.762. The second kappa shape index (κ2) is 3.95. The molecular weight excluding hydrogens is 226 g/mol. The van der Waals surface area contributed by atoms with Crippen LogP contribution in [-0.4, -0.2) is 4.98 Å². The third kappa shape index (κ3) is 2.02. The van der Waals surface area contributed by atoms with Crippen molar-refractivity contribution in [1.82, 2.24) is 4.98 Å². The van der Waals surface area contributed by atoms with Crippen LogP contribution in [-0.2, 0) is 0 Å². The van der Waals surface area contributed by atoms with Crippen LogP contribution in [0, 0.1) is 20.8 Å². The lowest BCUT2D eigenvalue weighted by molar-refractivity contribution is 1.08. The van der Waals surface area contributed by atoms with Crippen molar-refractivity contribution in [3.05, 3.63) is 39.2 Å².